The van der Waals surface area contributed by atoms with Gasteiger partial charge in [-0.3, -0.25) is 4.79 Å². The van der Waals surface area contributed by atoms with Crippen molar-refractivity contribution >= 4 is 5.97 Å². The van der Waals surface area contributed by atoms with Crippen LogP contribution in [0.3, 0.4) is 0 Å². The van der Waals surface area contributed by atoms with Crippen LogP contribution in [0.25, 0.3) is 0 Å². The molecule has 1 rings (SSSR count). The highest BCUT2D eigenvalue weighted by Gasteiger charge is 2.16. The predicted molar refractivity (Wildman–Crippen MR) is 55.3 cm³/mol. The van der Waals surface area contributed by atoms with Gasteiger partial charge in [-0.05, 0) is 18.4 Å². The molecular formula is C12H16O2. The second kappa shape index (κ2) is 5.49. The molecule has 0 aromatic rings. The molecule has 2 nitrogen and oxygen atoms in total. The number of carbonyl (C=O) groups is 1. The molecule has 0 spiro atoms. The minimum Gasteiger partial charge on any atom is -0.431 e. The minimum atomic E-state index is -0.220. The highest BCUT2D eigenvalue weighted by Crippen LogP contribution is 2.28. The van der Waals surface area contributed by atoms with Crippen LogP contribution in [0.15, 0.2) is 11.3 Å². The van der Waals surface area contributed by atoms with Gasteiger partial charge >= 0.3 is 5.97 Å². The molecule has 0 aromatic carbocycles. The van der Waals surface area contributed by atoms with E-state index in [1.54, 1.807) is 0 Å². The molecule has 0 fully saturated rings. The zero-order valence-electron chi connectivity index (χ0n) is 8.85. The van der Waals surface area contributed by atoms with E-state index in [4.69, 9.17) is 4.74 Å². The van der Waals surface area contributed by atoms with Crippen LogP contribution in [0.5, 0.6) is 0 Å². The summed E-state index contributed by atoms with van der Waals surface area (Å²) in [6.45, 7) is 3.48. The van der Waals surface area contributed by atoms with Crippen molar-refractivity contribution in [1.82, 2.24) is 0 Å². The van der Waals surface area contributed by atoms with Crippen LogP contribution >= 0.6 is 0 Å². The summed E-state index contributed by atoms with van der Waals surface area (Å²) in [6.07, 6.45) is 4.65. The molecule has 1 aliphatic carbocycles. The Morgan fingerprint density at radius 2 is 2.21 bits per heavy atom. The molecule has 0 heterocycles. The average molecular weight is 192 g/mol. The summed E-state index contributed by atoms with van der Waals surface area (Å²) in [5, 5.41) is 0. The Bertz CT molecular complexity index is 302. The lowest BCUT2D eigenvalue weighted by Gasteiger charge is -2.03. The highest BCUT2D eigenvalue weighted by atomic mass is 16.5. The molecule has 14 heavy (non-hydrogen) atoms. The fourth-order valence-electron chi connectivity index (χ4n) is 1.56. The lowest BCUT2D eigenvalue weighted by atomic mass is 10.1. The third-order valence-electron chi connectivity index (χ3n) is 2.15. The average Bonchev–Trinajstić information content (AvgIpc) is 2.52. The van der Waals surface area contributed by atoms with Gasteiger partial charge in [0.05, 0.1) is 0 Å². The van der Waals surface area contributed by atoms with E-state index in [9.17, 15) is 4.79 Å². The number of hydrogen-bond donors (Lipinski definition) is 0. The van der Waals surface area contributed by atoms with E-state index in [-0.39, 0.29) is 5.97 Å². The summed E-state index contributed by atoms with van der Waals surface area (Å²) in [4.78, 5) is 10.8. The van der Waals surface area contributed by atoms with Crippen molar-refractivity contribution in [2.45, 2.75) is 46.0 Å². The fourth-order valence-corrected chi connectivity index (χ4v) is 1.56. The van der Waals surface area contributed by atoms with E-state index in [2.05, 4.69) is 11.8 Å². The lowest BCUT2D eigenvalue weighted by Crippen LogP contribution is -1.98. The summed E-state index contributed by atoms with van der Waals surface area (Å²) in [6, 6.07) is 0. The van der Waals surface area contributed by atoms with E-state index >= 15 is 0 Å². The minimum absolute atomic E-state index is 0.220. The van der Waals surface area contributed by atoms with Crippen LogP contribution in [-0.4, -0.2) is 5.97 Å². The van der Waals surface area contributed by atoms with Crippen molar-refractivity contribution in [3.8, 4) is 11.8 Å². The second-order valence-electron chi connectivity index (χ2n) is 3.36. The maximum atomic E-state index is 10.8. The van der Waals surface area contributed by atoms with Gasteiger partial charge in [-0.1, -0.05) is 12.8 Å². The zero-order chi connectivity index (χ0) is 10.4. The Labute approximate surface area is 85.3 Å². The molecule has 0 atom stereocenters. The number of allylic oxidation sites excluding steroid dienone is 2. The van der Waals surface area contributed by atoms with E-state index < -0.39 is 0 Å². The summed E-state index contributed by atoms with van der Waals surface area (Å²) in [5.41, 5.74) is 1.21. The SMILES string of the molecule is CCC#CCC1=C(OC(C)=O)CCC1. The molecular weight excluding hydrogens is 176 g/mol. The topological polar surface area (TPSA) is 26.3 Å². The number of esters is 1. The summed E-state index contributed by atoms with van der Waals surface area (Å²) in [7, 11) is 0. The van der Waals surface area contributed by atoms with Crippen molar-refractivity contribution in [3.63, 3.8) is 0 Å². The zero-order valence-corrected chi connectivity index (χ0v) is 8.85. The molecule has 0 aromatic heterocycles. The maximum Gasteiger partial charge on any atom is 0.307 e. The van der Waals surface area contributed by atoms with Gasteiger partial charge in [0.15, 0.2) is 0 Å². The third-order valence-corrected chi connectivity index (χ3v) is 2.15. The van der Waals surface area contributed by atoms with Gasteiger partial charge in [0, 0.05) is 26.2 Å². The van der Waals surface area contributed by atoms with Gasteiger partial charge in [-0.2, -0.15) is 0 Å². The first-order chi connectivity index (χ1) is 6.74. The predicted octanol–water partition coefficient (Wildman–Crippen LogP) is 2.79. The number of hydrogen-bond acceptors (Lipinski definition) is 2. The first kappa shape index (κ1) is 10.8. The van der Waals surface area contributed by atoms with Crippen molar-refractivity contribution in [1.29, 1.82) is 0 Å². The van der Waals surface area contributed by atoms with Crippen LogP contribution in [-0.2, 0) is 9.53 Å². The van der Waals surface area contributed by atoms with E-state index in [0.29, 0.717) is 0 Å². The Morgan fingerprint density at radius 1 is 1.43 bits per heavy atom. The molecule has 0 N–H and O–H groups in total. The standard InChI is InChI=1S/C12H16O2/c1-3-4-5-7-11-8-6-9-12(11)14-10(2)13/h3,6-9H2,1-2H3. The first-order valence-corrected chi connectivity index (χ1v) is 5.09. The van der Waals surface area contributed by atoms with Crippen LogP contribution in [0.4, 0.5) is 0 Å². The Balaban J connectivity index is 2.58. The molecule has 2 heteroatoms. The number of carbonyl (C=O) groups excluding carboxylic acids is 1. The number of ether oxygens (including phenoxy) is 1. The first-order valence-electron chi connectivity index (χ1n) is 5.09. The van der Waals surface area contributed by atoms with Crippen LogP contribution in [0.2, 0.25) is 0 Å². The second-order valence-corrected chi connectivity index (χ2v) is 3.36. The monoisotopic (exact) mass is 192 g/mol. The molecule has 76 valence electrons. The van der Waals surface area contributed by atoms with Gasteiger partial charge in [-0.25, -0.2) is 0 Å². The van der Waals surface area contributed by atoms with E-state index in [1.165, 1.54) is 12.5 Å². The van der Waals surface area contributed by atoms with Crippen LogP contribution < -0.4 is 0 Å². The van der Waals surface area contributed by atoms with Crippen molar-refractivity contribution < 1.29 is 9.53 Å². The van der Waals surface area contributed by atoms with Crippen LogP contribution in [0.1, 0.15) is 46.0 Å². The summed E-state index contributed by atoms with van der Waals surface area (Å²) < 4.78 is 5.13. The van der Waals surface area contributed by atoms with Gasteiger partial charge in [0.25, 0.3) is 0 Å². The Hall–Kier alpha value is -1.23. The molecule has 1 aliphatic rings. The van der Waals surface area contributed by atoms with Crippen molar-refractivity contribution in [2.75, 3.05) is 0 Å². The molecule has 0 saturated carbocycles. The van der Waals surface area contributed by atoms with Crippen molar-refractivity contribution in [3.05, 3.63) is 11.3 Å². The molecule has 0 amide bonds. The van der Waals surface area contributed by atoms with Gasteiger partial charge in [0.2, 0.25) is 0 Å². The van der Waals surface area contributed by atoms with E-state index in [0.717, 1.165) is 37.9 Å². The smallest absolute Gasteiger partial charge is 0.307 e. The molecule has 0 radical (unpaired) electrons. The van der Waals surface area contributed by atoms with E-state index in [1.807, 2.05) is 6.92 Å². The van der Waals surface area contributed by atoms with Gasteiger partial charge < -0.3 is 4.74 Å². The summed E-state index contributed by atoms with van der Waals surface area (Å²) >= 11 is 0. The maximum absolute atomic E-state index is 10.8. The highest BCUT2D eigenvalue weighted by molar-refractivity contribution is 5.67. The normalized spacial score (nSPS) is 15.0. The van der Waals surface area contributed by atoms with Crippen molar-refractivity contribution in [2.24, 2.45) is 0 Å². The quantitative estimate of drug-likeness (QED) is 0.496. The molecule has 0 saturated heterocycles. The van der Waals surface area contributed by atoms with Crippen LogP contribution in [0, 0.1) is 11.8 Å². The lowest BCUT2D eigenvalue weighted by molar-refractivity contribution is -0.137. The Morgan fingerprint density at radius 3 is 2.86 bits per heavy atom. The van der Waals surface area contributed by atoms with Gasteiger partial charge in [-0.15, -0.1) is 5.92 Å². The molecule has 0 unspecified atom stereocenters. The number of rotatable bonds is 2. The molecule has 0 bridgehead atoms. The van der Waals surface area contributed by atoms with Gasteiger partial charge in [0.1, 0.15) is 5.76 Å². The summed E-state index contributed by atoms with van der Waals surface area (Å²) in [5.74, 6) is 6.75. The fraction of sp³-hybridized carbons (Fsp3) is 0.583. The third kappa shape index (κ3) is 3.26. The largest absolute Gasteiger partial charge is 0.431 e. The Kier molecular flexibility index (Phi) is 4.25. The molecule has 0 aliphatic heterocycles.